The van der Waals surface area contributed by atoms with Crippen molar-refractivity contribution in [3.8, 4) is 0 Å². The lowest BCUT2D eigenvalue weighted by Crippen LogP contribution is -2.42. The van der Waals surface area contributed by atoms with Crippen molar-refractivity contribution in [3.63, 3.8) is 0 Å². The Bertz CT molecular complexity index is 1220. The SMILES string of the molecule is O=S(=O)(c1cc(Nc2nc(N3CCCCC3)nc(N3CCCCC3)n2)ccc1N1CCOCC1)N1CCOCC1. The Hall–Kier alpha value is -2.74. The second kappa shape index (κ2) is 12.4. The largest absolute Gasteiger partial charge is 0.379 e. The Morgan fingerprint density at radius 1 is 0.650 bits per heavy atom. The lowest BCUT2D eigenvalue weighted by Gasteiger charge is -2.33. The molecule has 13 heteroatoms. The van der Waals surface area contributed by atoms with E-state index in [9.17, 15) is 8.42 Å². The summed E-state index contributed by atoms with van der Waals surface area (Å²) in [7, 11) is -3.75. The summed E-state index contributed by atoms with van der Waals surface area (Å²) >= 11 is 0. The highest BCUT2D eigenvalue weighted by Crippen LogP contribution is 2.33. The molecule has 0 unspecified atom stereocenters. The van der Waals surface area contributed by atoms with Gasteiger partial charge in [0.15, 0.2) is 0 Å². The molecule has 4 aliphatic heterocycles. The number of piperidine rings is 2. The Morgan fingerprint density at radius 3 is 1.77 bits per heavy atom. The van der Waals surface area contributed by atoms with Crippen LogP contribution in [0.1, 0.15) is 38.5 Å². The number of benzene rings is 1. The first-order valence-corrected chi connectivity index (χ1v) is 16.1. The van der Waals surface area contributed by atoms with Crippen molar-refractivity contribution in [1.82, 2.24) is 19.3 Å². The molecule has 4 fully saturated rings. The minimum Gasteiger partial charge on any atom is -0.379 e. The van der Waals surface area contributed by atoms with E-state index in [1.165, 1.54) is 17.1 Å². The van der Waals surface area contributed by atoms with Crippen molar-refractivity contribution >= 4 is 39.2 Å². The van der Waals surface area contributed by atoms with Gasteiger partial charge in [0.25, 0.3) is 0 Å². The molecule has 1 aromatic heterocycles. The summed E-state index contributed by atoms with van der Waals surface area (Å²) in [4.78, 5) is 21.3. The Kier molecular flexibility index (Phi) is 8.51. The fourth-order valence-electron chi connectivity index (χ4n) is 5.80. The number of hydrogen-bond donors (Lipinski definition) is 1. The van der Waals surface area contributed by atoms with Crippen LogP contribution in [0, 0.1) is 0 Å². The molecule has 6 rings (SSSR count). The molecule has 5 heterocycles. The molecule has 4 aliphatic rings. The summed E-state index contributed by atoms with van der Waals surface area (Å²) in [6.45, 7) is 7.62. The van der Waals surface area contributed by atoms with Crippen molar-refractivity contribution in [2.45, 2.75) is 43.4 Å². The smallest absolute Gasteiger partial charge is 0.245 e. The molecule has 1 N–H and O–H groups in total. The summed E-state index contributed by atoms with van der Waals surface area (Å²) < 4.78 is 40.3. The number of morpholine rings is 2. The number of aromatic nitrogens is 3. The Morgan fingerprint density at radius 2 is 1.20 bits per heavy atom. The van der Waals surface area contributed by atoms with Gasteiger partial charge in [0.1, 0.15) is 4.90 Å². The van der Waals surface area contributed by atoms with Crippen molar-refractivity contribution < 1.29 is 17.9 Å². The van der Waals surface area contributed by atoms with Gasteiger partial charge >= 0.3 is 0 Å². The average molecular weight is 573 g/mol. The lowest BCUT2D eigenvalue weighted by molar-refractivity contribution is 0.0730. The second-order valence-corrected chi connectivity index (χ2v) is 12.7. The molecule has 1 aromatic carbocycles. The van der Waals surface area contributed by atoms with Gasteiger partial charge in [-0.1, -0.05) is 0 Å². The number of hydrogen-bond acceptors (Lipinski definition) is 11. The standard InChI is InChI=1S/C27H40N8O4S/c36-40(37,35-15-19-39-20-16-35)24-21-22(7-8-23(24)32-13-17-38-18-14-32)28-25-29-26(33-9-3-1-4-10-33)31-27(30-25)34-11-5-2-6-12-34/h7-8,21H,1-6,9-20H2,(H,28,29,30,31). The molecule has 2 aromatic rings. The van der Waals surface area contributed by atoms with E-state index in [-0.39, 0.29) is 4.90 Å². The highest BCUT2D eigenvalue weighted by atomic mass is 32.2. The van der Waals surface area contributed by atoms with Crippen LogP contribution in [-0.4, -0.2) is 106 Å². The molecule has 4 saturated heterocycles. The predicted octanol–water partition coefficient (Wildman–Crippen LogP) is 2.45. The zero-order valence-corrected chi connectivity index (χ0v) is 23.9. The van der Waals surface area contributed by atoms with Crippen LogP contribution in [0.3, 0.4) is 0 Å². The number of sulfonamides is 1. The number of nitrogens with one attached hydrogen (secondary N) is 1. The number of ether oxygens (including phenoxy) is 2. The number of nitrogens with zero attached hydrogens (tertiary/aromatic N) is 7. The molecule has 0 bridgehead atoms. The minimum absolute atomic E-state index is 0.280. The maximum Gasteiger partial charge on any atom is 0.245 e. The lowest BCUT2D eigenvalue weighted by atomic mass is 10.1. The third-order valence-corrected chi connectivity index (χ3v) is 9.97. The Labute approximate surface area is 236 Å². The normalized spacial score (nSPS) is 21.4. The van der Waals surface area contributed by atoms with E-state index in [1.807, 2.05) is 12.1 Å². The molecule has 0 radical (unpaired) electrons. The van der Waals surface area contributed by atoms with E-state index in [1.54, 1.807) is 6.07 Å². The van der Waals surface area contributed by atoms with Crippen molar-refractivity contribution in [3.05, 3.63) is 18.2 Å². The first kappa shape index (κ1) is 27.4. The summed E-state index contributed by atoms with van der Waals surface area (Å²) in [5.41, 5.74) is 1.32. The van der Waals surface area contributed by atoms with E-state index in [2.05, 4.69) is 20.0 Å². The fourth-order valence-corrected chi connectivity index (χ4v) is 7.44. The van der Waals surface area contributed by atoms with Gasteiger partial charge < -0.3 is 29.5 Å². The molecule has 12 nitrogen and oxygen atoms in total. The van der Waals surface area contributed by atoms with Gasteiger partial charge in [0.2, 0.25) is 27.9 Å². The molecule has 0 amide bonds. The first-order chi connectivity index (χ1) is 19.6. The van der Waals surface area contributed by atoms with Gasteiger partial charge in [-0.25, -0.2) is 8.42 Å². The molecule has 0 atom stereocenters. The molecular weight excluding hydrogens is 532 g/mol. The third kappa shape index (κ3) is 6.12. The van der Waals surface area contributed by atoms with E-state index in [0.29, 0.717) is 81.8 Å². The van der Waals surface area contributed by atoms with Gasteiger partial charge in [0, 0.05) is 58.0 Å². The summed E-state index contributed by atoms with van der Waals surface area (Å²) in [6.07, 6.45) is 6.94. The minimum atomic E-state index is -3.75. The first-order valence-electron chi connectivity index (χ1n) is 14.7. The second-order valence-electron chi connectivity index (χ2n) is 10.8. The zero-order valence-electron chi connectivity index (χ0n) is 23.1. The van der Waals surface area contributed by atoms with Crippen LogP contribution in [0.2, 0.25) is 0 Å². The van der Waals surface area contributed by atoms with Crippen molar-refractivity contribution in [1.29, 1.82) is 0 Å². The van der Waals surface area contributed by atoms with Gasteiger partial charge in [-0.15, -0.1) is 0 Å². The van der Waals surface area contributed by atoms with Crippen molar-refractivity contribution in [2.24, 2.45) is 0 Å². The molecular formula is C27H40N8O4S. The highest BCUT2D eigenvalue weighted by Gasteiger charge is 2.31. The molecule has 0 saturated carbocycles. The van der Waals surface area contributed by atoms with E-state index >= 15 is 0 Å². The maximum absolute atomic E-state index is 13.9. The van der Waals surface area contributed by atoms with Gasteiger partial charge in [-0.2, -0.15) is 19.3 Å². The van der Waals surface area contributed by atoms with Crippen LogP contribution in [0.25, 0.3) is 0 Å². The summed E-state index contributed by atoms with van der Waals surface area (Å²) in [5, 5.41) is 3.34. The monoisotopic (exact) mass is 572 g/mol. The topological polar surface area (TPSA) is 116 Å². The van der Waals surface area contributed by atoms with E-state index in [0.717, 1.165) is 51.9 Å². The summed E-state index contributed by atoms with van der Waals surface area (Å²) in [6, 6.07) is 5.52. The zero-order chi connectivity index (χ0) is 27.4. The van der Waals surface area contributed by atoms with Gasteiger partial charge in [-0.3, -0.25) is 0 Å². The van der Waals surface area contributed by atoms with Gasteiger partial charge in [0.05, 0.1) is 32.1 Å². The molecule has 40 heavy (non-hydrogen) atoms. The van der Waals surface area contributed by atoms with Crippen LogP contribution in [-0.2, 0) is 19.5 Å². The van der Waals surface area contributed by atoms with Gasteiger partial charge in [-0.05, 0) is 56.7 Å². The predicted molar refractivity (Wildman–Crippen MR) is 154 cm³/mol. The molecule has 0 spiro atoms. The fraction of sp³-hybridized carbons (Fsp3) is 0.667. The van der Waals surface area contributed by atoms with Crippen LogP contribution in [0.15, 0.2) is 23.1 Å². The quantitative estimate of drug-likeness (QED) is 0.527. The van der Waals surface area contributed by atoms with E-state index in [4.69, 9.17) is 24.4 Å². The van der Waals surface area contributed by atoms with Crippen LogP contribution in [0.5, 0.6) is 0 Å². The number of rotatable bonds is 7. The van der Waals surface area contributed by atoms with Crippen LogP contribution >= 0.6 is 0 Å². The third-order valence-electron chi connectivity index (χ3n) is 8.05. The van der Waals surface area contributed by atoms with Crippen LogP contribution in [0.4, 0.5) is 29.2 Å². The Balaban J connectivity index is 1.35. The van der Waals surface area contributed by atoms with Crippen LogP contribution < -0.4 is 20.0 Å². The highest BCUT2D eigenvalue weighted by molar-refractivity contribution is 7.89. The average Bonchev–Trinajstić information content (AvgIpc) is 3.02. The summed E-state index contributed by atoms with van der Waals surface area (Å²) in [5.74, 6) is 1.80. The molecule has 218 valence electrons. The number of anilines is 5. The molecule has 0 aliphatic carbocycles. The maximum atomic E-state index is 13.9. The van der Waals surface area contributed by atoms with E-state index < -0.39 is 10.0 Å². The van der Waals surface area contributed by atoms with Crippen molar-refractivity contribution in [2.75, 3.05) is 98.8 Å².